The predicted molar refractivity (Wildman–Crippen MR) is 321 cm³/mol. The molecule has 12 heteroatoms. The maximum atomic E-state index is 13.1. The van der Waals surface area contributed by atoms with E-state index in [0.717, 1.165) is 116 Å². The summed E-state index contributed by atoms with van der Waals surface area (Å²) in [5, 5.41) is 31.5. The van der Waals surface area contributed by atoms with Gasteiger partial charge in [-0.25, -0.2) is 4.79 Å². The molecule has 0 amide bonds. The van der Waals surface area contributed by atoms with Crippen LogP contribution in [0, 0.1) is 0 Å². The number of esters is 3. The molecule has 1 aliphatic heterocycles. The molecular formula is C67H112O12. The number of rotatable bonds is 53. The van der Waals surface area contributed by atoms with Crippen molar-refractivity contribution in [2.75, 3.05) is 13.2 Å². The molecule has 0 aromatic rings. The lowest BCUT2D eigenvalue weighted by atomic mass is 9.98. The van der Waals surface area contributed by atoms with Crippen molar-refractivity contribution in [1.82, 2.24) is 0 Å². The van der Waals surface area contributed by atoms with Crippen molar-refractivity contribution in [2.45, 2.75) is 302 Å². The lowest BCUT2D eigenvalue weighted by Gasteiger charge is -2.40. The molecule has 1 saturated heterocycles. The summed E-state index contributed by atoms with van der Waals surface area (Å²) in [5.74, 6) is -3.18. The van der Waals surface area contributed by atoms with E-state index in [9.17, 15) is 34.5 Å². The largest absolute Gasteiger partial charge is 0.479 e. The number of aliphatic hydroxyl groups is 2. The second-order valence-electron chi connectivity index (χ2n) is 21.3. The van der Waals surface area contributed by atoms with Crippen LogP contribution in [0.5, 0.6) is 0 Å². The van der Waals surface area contributed by atoms with Crippen molar-refractivity contribution in [3.63, 3.8) is 0 Å². The van der Waals surface area contributed by atoms with Gasteiger partial charge in [0.2, 0.25) is 0 Å². The molecule has 3 N–H and O–H groups in total. The minimum Gasteiger partial charge on any atom is -0.479 e. The van der Waals surface area contributed by atoms with Crippen molar-refractivity contribution in [2.24, 2.45) is 0 Å². The van der Waals surface area contributed by atoms with Crippen LogP contribution in [0.1, 0.15) is 265 Å². The average molecular weight is 1110 g/mol. The molecule has 1 heterocycles. The van der Waals surface area contributed by atoms with Gasteiger partial charge in [0.05, 0.1) is 6.61 Å². The number of allylic oxidation sites excluding steroid dienone is 14. The zero-order chi connectivity index (χ0) is 57.5. The Morgan fingerprint density at radius 3 is 1.27 bits per heavy atom. The zero-order valence-electron chi connectivity index (χ0n) is 49.8. The SMILES string of the molecule is CC/C=C\C/C=C\C/C=C\CCCCCC(=O)OC(COC(=O)CCCCCCCCC/C=C\CCCCCCCC)COC1OC(C(=O)O)C(O)C(O)C1OC(=O)CCCCCCCC/C=C\C/C=C\C/C=C\CCCCC. The quantitative estimate of drug-likeness (QED) is 0.0228. The number of ether oxygens (including phenoxy) is 5. The Hall–Kier alpha value is -4.10. The number of aliphatic hydroxyl groups excluding tert-OH is 2. The predicted octanol–water partition coefficient (Wildman–Crippen LogP) is 16.7. The van der Waals surface area contributed by atoms with E-state index in [1.54, 1.807) is 0 Å². The van der Waals surface area contributed by atoms with Crippen molar-refractivity contribution in [3.8, 4) is 0 Å². The molecule has 0 aromatic heterocycles. The molecule has 0 aliphatic carbocycles. The average Bonchev–Trinajstić information content (AvgIpc) is 3.43. The normalized spacial score (nSPS) is 18.4. The third-order valence-corrected chi connectivity index (χ3v) is 13.9. The first-order valence-electron chi connectivity index (χ1n) is 31.6. The van der Waals surface area contributed by atoms with Crippen molar-refractivity contribution in [1.29, 1.82) is 0 Å². The summed E-state index contributed by atoms with van der Waals surface area (Å²) in [6, 6.07) is 0. The van der Waals surface area contributed by atoms with E-state index in [1.165, 1.54) is 89.9 Å². The number of carboxylic acids is 1. The number of aliphatic carboxylic acids is 1. The Morgan fingerprint density at radius 2 is 0.797 bits per heavy atom. The second kappa shape index (κ2) is 54.5. The molecular weight excluding hydrogens is 997 g/mol. The van der Waals surface area contributed by atoms with E-state index in [-0.39, 0.29) is 25.9 Å². The van der Waals surface area contributed by atoms with E-state index in [0.29, 0.717) is 19.3 Å². The Kier molecular flexibility index (Phi) is 50.3. The molecule has 1 fully saturated rings. The van der Waals surface area contributed by atoms with Gasteiger partial charge in [-0.2, -0.15) is 0 Å². The molecule has 6 unspecified atom stereocenters. The van der Waals surface area contributed by atoms with Crippen molar-refractivity contribution in [3.05, 3.63) is 85.1 Å². The standard InChI is InChI=1S/C67H112O12/c1-4-7-10-13-16-19-22-25-27-29-30-32-34-37-40-43-46-49-52-55-61(70)78-65-63(72)62(71)64(66(73)74)79-67(65)76-57-58(77-60(69)54-51-48-45-42-39-35-24-21-18-15-12-9-6-3)56-75-59(68)53-50-47-44-41-38-36-33-31-28-26-23-20-17-14-11-8-5-2/h9,12,16,18-19,21,25-28,30,32,35,39,58,62-65,67,71-72H,4-8,10-11,13-15,17,20,22-24,29,31,33-34,36-38,40-57H2,1-3H3,(H,73,74)/b12-9-,19-16-,21-18-,27-25-,28-26-,32-30-,39-35-. The lowest BCUT2D eigenvalue weighted by molar-refractivity contribution is -0.301. The first kappa shape index (κ1) is 72.9. The fraction of sp³-hybridized carbons (Fsp3) is 0.731. The molecule has 452 valence electrons. The van der Waals surface area contributed by atoms with E-state index in [4.69, 9.17) is 23.7 Å². The first-order valence-corrected chi connectivity index (χ1v) is 31.6. The van der Waals surface area contributed by atoms with Gasteiger partial charge in [-0.3, -0.25) is 14.4 Å². The summed E-state index contributed by atoms with van der Waals surface area (Å²) in [6.45, 7) is 5.83. The number of unbranched alkanes of at least 4 members (excludes halogenated alkanes) is 25. The summed E-state index contributed by atoms with van der Waals surface area (Å²) in [7, 11) is 0. The zero-order valence-corrected chi connectivity index (χ0v) is 49.8. The van der Waals surface area contributed by atoms with E-state index < -0.39 is 67.3 Å². The molecule has 12 nitrogen and oxygen atoms in total. The Labute approximate surface area is 480 Å². The monoisotopic (exact) mass is 1110 g/mol. The Morgan fingerprint density at radius 1 is 0.430 bits per heavy atom. The summed E-state index contributed by atoms with van der Waals surface area (Å²) in [6.07, 6.45) is 58.3. The molecule has 0 saturated carbocycles. The van der Waals surface area contributed by atoms with Gasteiger partial charge in [-0.15, -0.1) is 0 Å². The topological polar surface area (TPSA) is 175 Å². The number of carbonyl (C=O) groups is 4. The van der Waals surface area contributed by atoms with E-state index in [2.05, 4.69) is 106 Å². The molecule has 1 aliphatic rings. The number of hydrogen-bond acceptors (Lipinski definition) is 11. The van der Waals surface area contributed by atoms with E-state index in [1.807, 2.05) is 0 Å². The van der Waals surface area contributed by atoms with Crippen LogP contribution in [0.2, 0.25) is 0 Å². The molecule has 0 spiro atoms. The molecule has 6 atom stereocenters. The number of carbonyl (C=O) groups excluding carboxylic acids is 3. The summed E-state index contributed by atoms with van der Waals surface area (Å²) in [4.78, 5) is 51.2. The fourth-order valence-electron chi connectivity index (χ4n) is 9.09. The minimum absolute atomic E-state index is 0.0393. The van der Waals surface area contributed by atoms with Gasteiger partial charge in [0.1, 0.15) is 18.8 Å². The highest BCUT2D eigenvalue weighted by atomic mass is 16.7. The highest BCUT2D eigenvalue weighted by molar-refractivity contribution is 5.74. The maximum absolute atomic E-state index is 13.1. The lowest BCUT2D eigenvalue weighted by Crippen LogP contribution is -2.61. The first-order chi connectivity index (χ1) is 38.6. The highest BCUT2D eigenvalue weighted by Gasteiger charge is 2.50. The summed E-state index contributed by atoms with van der Waals surface area (Å²) < 4.78 is 28.4. The maximum Gasteiger partial charge on any atom is 0.335 e. The van der Waals surface area contributed by atoms with E-state index >= 15 is 0 Å². The summed E-state index contributed by atoms with van der Waals surface area (Å²) >= 11 is 0. The van der Waals surface area contributed by atoms with Gasteiger partial charge in [-0.05, 0) is 116 Å². The molecule has 0 aromatic carbocycles. The second-order valence-corrected chi connectivity index (χ2v) is 21.3. The van der Waals surface area contributed by atoms with Crippen LogP contribution >= 0.6 is 0 Å². The van der Waals surface area contributed by atoms with Crippen LogP contribution in [0.3, 0.4) is 0 Å². The van der Waals surface area contributed by atoms with Gasteiger partial charge < -0.3 is 39.0 Å². The van der Waals surface area contributed by atoms with Crippen molar-refractivity contribution >= 4 is 23.9 Å². The number of carboxylic acid groups (broad SMARTS) is 1. The van der Waals surface area contributed by atoms with Gasteiger partial charge >= 0.3 is 23.9 Å². The number of hydrogen-bond donors (Lipinski definition) is 3. The van der Waals surface area contributed by atoms with Gasteiger partial charge in [0.25, 0.3) is 0 Å². The van der Waals surface area contributed by atoms with Gasteiger partial charge in [-0.1, -0.05) is 215 Å². The smallest absolute Gasteiger partial charge is 0.335 e. The van der Waals surface area contributed by atoms with Crippen LogP contribution in [-0.2, 0) is 42.9 Å². The third kappa shape index (κ3) is 44.3. The highest BCUT2D eigenvalue weighted by Crippen LogP contribution is 2.26. The van der Waals surface area contributed by atoms with Crippen LogP contribution in [0.4, 0.5) is 0 Å². The summed E-state index contributed by atoms with van der Waals surface area (Å²) in [5.41, 5.74) is 0. The fourth-order valence-corrected chi connectivity index (χ4v) is 9.09. The Balaban J connectivity index is 2.68. The third-order valence-electron chi connectivity index (χ3n) is 13.9. The molecule has 0 bridgehead atoms. The molecule has 79 heavy (non-hydrogen) atoms. The van der Waals surface area contributed by atoms with Crippen LogP contribution in [0.25, 0.3) is 0 Å². The van der Waals surface area contributed by atoms with Crippen molar-refractivity contribution < 1.29 is 58.2 Å². The minimum atomic E-state index is -1.92. The Bertz CT molecular complexity index is 1700. The van der Waals surface area contributed by atoms with Gasteiger partial charge in [0, 0.05) is 19.3 Å². The van der Waals surface area contributed by atoms with Gasteiger partial charge in [0.15, 0.2) is 24.6 Å². The van der Waals surface area contributed by atoms with Crippen LogP contribution in [-0.4, -0.2) is 89.2 Å². The van der Waals surface area contributed by atoms with Crippen LogP contribution in [0.15, 0.2) is 85.1 Å². The molecule has 1 rings (SSSR count). The molecule has 0 radical (unpaired) electrons. The van der Waals surface area contributed by atoms with Crippen LogP contribution < -0.4 is 0 Å².